The molecular weight excluding hydrogens is 352 g/mol. The van der Waals surface area contributed by atoms with E-state index in [1.54, 1.807) is 7.11 Å². The minimum absolute atomic E-state index is 0.000659. The summed E-state index contributed by atoms with van der Waals surface area (Å²) in [5.74, 6) is 1.51. The van der Waals surface area contributed by atoms with Crippen LogP contribution in [0.1, 0.15) is 49.4 Å². The summed E-state index contributed by atoms with van der Waals surface area (Å²) in [7, 11) is 1.66. The van der Waals surface area contributed by atoms with Crippen LogP contribution in [0, 0.1) is 0 Å². The summed E-state index contributed by atoms with van der Waals surface area (Å²) >= 11 is 0. The lowest BCUT2D eigenvalue weighted by atomic mass is 9.91. The third kappa shape index (κ3) is 3.26. The number of carbonyl (C=O) groups is 1. The molecule has 144 valence electrons. The van der Waals surface area contributed by atoms with Gasteiger partial charge in [-0.15, -0.1) is 0 Å². The standard InChI is InChI=1S/C22H24N4O2/c1-3-7-21(27)25-19(16-8-5-4-6-9-16)14-20(26-22(25)23-15-24-26)17-10-12-18(28-2)13-11-17/h4-6,8-13,15,19-20H,3,7,14H2,1-2H3. The van der Waals surface area contributed by atoms with Crippen molar-refractivity contribution in [2.24, 2.45) is 0 Å². The van der Waals surface area contributed by atoms with Crippen LogP contribution in [-0.2, 0) is 4.79 Å². The van der Waals surface area contributed by atoms with Crippen LogP contribution in [0.3, 0.4) is 0 Å². The molecule has 0 radical (unpaired) electrons. The molecule has 4 rings (SSSR count). The van der Waals surface area contributed by atoms with E-state index in [1.165, 1.54) is 6.33 Å². The molecule has 2 heterocycles. The number of benzene rings is 2. The summed E-state index contributed by atoms with van der Waals surface area (Å²) in [6.45, 7) is 2.02. The maximum Gasteiger partial charge on any atom is 0.231 e. The Balaban J connectivity index is 1.79. The van der Waals surface area contributed by atoms with E-state index < -0.39 is 0 Å². The number of anilines is 1. The van der Waals surface area contributed by atoms with Crippen molar-refractivity contribution in [2.75, 3.05) is 12.0 Å². The number of fused-ring (bicyclic) bond motifs is 1. The van der Waals surface area contributed by atoms with Gasteiger partial charge in [-0.3, -0.25) is 9.69 Å². The number of nitrogens with zero attached hydrogens (tertiary/aromatic N) is 4. The maximum absolute atomic E-state index is 13.0. The van der Waals surface area contributed by atoms with Gasteiger partial charge in [0.25, 0.3) is 0 Å². The molecule has 1 aromatic heterocycles. The normalized spacial score (nSPS) is 18.6. The van der Waals surface area contributed by atoms with Gasteiger partial charge in [0.05, 0.1) is 19.2 Å². The number of hydrogen-bond acceptors (Lipinski definition) is 4. The molecule has 6 heteroatoms. The Kier molecular flexibility index (Phi) is 5.10. The lowest BCUT2D eigenvalue weighted by Crippen LogP contribution is -2.42. The van der Waals surface area contributed by atoms with Crippen LogP contribution in [-0.4, -0.2) is 27.8 Å². The summed E-state index contributed by atoms with van der Waals surface area (Å²) in [6.07, 6.45) is 3.56. The fourth-order valence-electron chi connectivity index (χ4n) is 3.88. The first-order valence-corrected chi connectivity index (χ1v) is 9.63. The summed E-state index contributed by atoms with van der Waals surface area (Å²) in [4.78, 5) is 19.3. The van der Waals surface area contributed by atoms with Crippen LogP contribution in [0.4, 0.5) is 5.95 Å². The molecule has 0 aliphatic carbocycles. The van der Waals surface area contributed by atoms with Crippen molar-refractivity contribution in [3.63, 3.8) is 0 Å². The molecule has 0 saturated heterocycles. The number of carbonyl (C=O) groups excluding carboxylic acids is 1. The summed E-state index contributed by atoms with van der Waals surface area (Å²) in [6, 6.07) is 18.1. The maximum atomic E-state index is 13.0. The second-order valence-electron chi connectivity index (χ2n) is 6.97. The van der Waals surface area contributed by atoms with Gasteiger partial charge in [0.15, 0.2) is 0 Å². The molecule has 1 aliphatic rings. The monoisotopic (exact) mass is 376 g/mol. The van der Waals surface area contributed by atoms with E-state index in [2.05, 4.69) is 34.3 Å². The Morgan fingerprint density at radius 1 is 1.07 bits per heavy atom. The van der Waals surface area contributed by atoms with Crippen molar-refractivity contribution < 1.29 is 9.53 Å². The largest absolute Gasteiger partial charge is 0.497 e. The molecule has 3 aromatic rings. The van der Waals surface area contributed by atoms with E-state index in [1.807, 2.05) is 46.8 Å². The van der Waals surface area contributed by atoms with E-state index in [-0.39, 0.29) is 18.0 Å². The minimum atomic E-state index is -0.0796. The molecule has 6 nitrogen and oxygen atoms in total. The zero-order valence-corrected chi connectivity index (χ0v) is 16.2. The fourth-order valence-corrected chi connectivity index (χ4v) is 3.88. The van der Waals surface area contributed by atoms with E-state index in [0.717, 1.165) is 29.7 Å². The molecule has 28 heavy (non-hydrogen) atoms. The highest BCUT2D eigenvalue weighted by Gasteiger charge is 2.38. The second kappa shape index (κ2) is 7.84. The Morgan fingerprint density at radius 3 is 2.46 bits per heavy atom. The number of amides is 1. The van der Waals surface area contributed by atoms with Gasteiger partial charge in [-0.2, -0.15) is 10.1 Å². The van der Waals surface area contributed by atoms with Gasteiger partial charge in [0.1, 0.15) is 12.1 Å². The zero-order chi connectivity index (χ0) is 19.5. The zero-order valence-electron chi connectivity index (χ0n) is 16.2. The van der Waals surface area contributed by atoms with Crippen molar-refractivity contribution >= 4 is 11.9 Å². The molecule has 0 spiro atoms. The third-order valence-electron chi connectivity index (χ3n) is 5.24. The fraction of sp³-hybridized carbons (Fsp3) is 0.318. The number of aromatic nitrogens is 3. The van der Waals surface area contributed by atoms with Gasteiger partial charge in [0.2, 0.25) is 11.9 Å². The van der Waals surface area contributed by atoms with Crippen molar-refractivity contribution in [2.45, 2.75) is 38.3 Å². The predicted molar refractivity (Wildman–Crippen MR) is 107 cm³/mol. The first-order chi connectivity index (χ1) is 13.7. The molecule has 2 unspecified atom stereocenters. The van der Waals surface area contributed by atoms with Crippen LogP contribution in [0.5, 0.6) is 5.75 Å². The lowest BCUT2D eigenvalue weighted by Gasteiger charge is -2.39. The van der Waals surface area contributed by atoms with Crippen LogP contribution in [0.2, 0.25) is 0 Å². The molecule has 0 saturated carbocycles. The van der Waals surface area contributed by atoms with Gasteiger partial charge in [0, 0.05) is 6.42 Å². The van der Waals surface area contributed by atoms with Gasteiger partial charge < -0.3 is 4.74 Å². The highest BCUT2D eigenvalue weighted by molar-refractivity contribution is 5.92. The van der Waals surface area contributed by atoms with E-state index in [4.69, 9.17) is 4.74 Å². The summed E-state index contributed by atoms with van der Waals surface area (Å²) in [5, 5.41) is 4.46. The molecule has 1 amide bonds. The molecule has 0 N–H and O–H groups in total. The van der Waals surface area contributed by atoms with Gasteiger partial charge in [-0.1, -0.05) is 49.4 Å². The number of ether oxygens (including phenoxy) is 1. The molecule has 2 atom stereocenters. The lowest BCUT2D eigenvalue weighted by molar-refractivity contribution is -0.119. The quantitative estimate of drug-likeness (QED) is 0.671. The summed E-state index contributed by atoms with van der Waals surface area (Å²) in [5.41, 5.74) is 2.23. The average Bonchev–Trinajstić information content (AvgIpc) is 3.23. The Bertz CT molecular complexity index is 937. The smallest absolute Gasteiger partial charge is 0.231 e. The highest BCUT2D eigenvalue weighted by atomic mass is 16.5. The van der Waals surface area contributed by atoms with Crippen LogP contribution >= 0.6 is 0 Å². The minimum Gasteiger partial charge on any atom is -0.497 e. The molecule has 0 fully saturated rings. The van der Waals surface area contributed by atoms with E-state index >= 15 is 0 Å². The number of hydrogen-bond donors (Lipinski definition) is 0. The van der Waals surface area contributed by atoms with Crippen LogP contribution < -0.4 is 9.64 Å². The van der Waals surface area contributed by atoms with E-state index in [0.29, 0.717) is 12.4 Å². The first kappa shape index (κ1) is 18.2. The van der Waals surface area contributed by atoms with Crippen molar-refractivity contribution in [3.8, 4) is 5.75 Å². The van der Waals surface area contributed by atoms with Crippen molar-refractivity contribution in [3.05, 3.63) is 72.1 Å². The molecule has 2 aromatic carbocycles. The van der Waals surface area contributed by atoms with E-state index in [9.17, 15) is 4.79 Å². The van der Waals surface area contributed by atoms with Gasteiger partial charge in [-0.25, -0.2) is 4.68 Å². The number of methoxy groups -OCH3 is 1. The van der Waals surface area contributed by atoms with Crippen molar-refractivity contribution in [1.82, 2.24) is 14.8 Å². The highest BCUT2D eigenvalue weighted by Crippen LogP contribution is 2.42. The predicted octanol–water partition coefficient (Wildman–Crippen LogP) is 4.15. The van der Waals surface area contributed by atoms with Gasteiger partial charge >= 0.3 is 0 Å². The topological polar surface area (TPSA) is 60.2 Å². The second-order valence-corrected chi connectivity index (χ2v) is 6.97. The Hall–Kier alpha value is -3.15. The van der Waals surface area contributed by atoms with Crippen LogP contribution in [0.15, 0.2) is 60.9 Å². The molecule has 1 aliphatic heterocycles. The molecule has 0 bridgehead atoms. The SMILES string of the molecule is CCCC(=O)N1c2ncnn2C(c2ccc(OC)cc2)CC1c1ccccc1. The average molecular weight is 376 g/mol. The Labute approximate surface area is 164 Å². The Morgan fingerprint density at radius 2 is 1.79 bits per heavy atom. The summed E-state index contributed by atoms with van der Waals surface area (Å²) < 4.78 is 7.16. The third-order valence-corrected chi connectivity index (χ3v) is 5.24. The van der Waals surface area contributed by atoms with Crippen molar-refractivity contribution in [1.29, 1.82) is 0 Å². The number of rotatable bonds is 5. The van der Waals surface area contributed by atoms with Gasteiger partial charge in [-0.05, 0) is 36.1 Å². The first-order valence-electron chi connectivity index (χ1n) is 9.63. The molecular formula is C22H24N4O2. The van der Waals surface area contributed by atoms with Crippen LogP contribution in [0.25, 0.3) is 0 Å².